The van der Waals surface area contributed by atoms with E-state index < -0.39 is 10.0 Å². The lowest BCUT2D eigenvalue weighted by atomic mass is 10.1. The van der Waals surface area contributed by atoms with Crippen LogP contribution in [0, 0.1) is 6.92 Å². The topological polar surface area (TPSA) is 63.4 Å². The van der Waals surface area contributed by atoms with Crippen molar-refractivity contribution in [2.45, 2.75) is 24.8 Å². The van der Waals surface area contributed by atoms with Gasteiger partial charge in [-0.05, 0) is 37.6 Å². The number of hydrogen-bond donors (Lipinski definition) is 0. The van der Waals surface area contributed by atoms with Crippen LogP contribution in [-0.2, 0) is 23.0 Å². The maximum Gasteiger partial charge on any atom is 0.243 e. The molecule has 5 nitrogen and oxygen atoms in total. The fourth-order valence-electron chi connectivity index (χ4n) is 2.32. The molecule has 1 aromatic heterocycles. The summed E-state index contributed by atoms with van der Waals surface area (Å²) in [6.07, 6.45) is 0.639. The van der Waals surface area contributed by atoms with E-state index in [1.165, 1.54) is 4.31 Å². The zero-order valence-electron chi connectivity index (χ0n) is 10.8. The number of aryl methyl sites for hydroxylation is 1. The van der Waals surface area contributed by atoms with Crippen molar-refractivity contribution in [3.8, 4) is 0 Å². The van der Waals surface area contributed by atoms with Crippen molar-refractivity contribution in [2.24, 2.45) is 0 Å². The normalized spacial score (nSPS) is 16.1. The van der Waals surface area contributed by atoms with E-state index in [0.717, 1.165) is 15.7 Å². The Bertz CT molecular complexity index is 737. The predicted octanol–water partition coefficient (Wildman–Crippen LogP) is 2.49. The minimum Gasteiger partial charge on any atom is -0.359 e. The first kappa shape index (κ1) is 13.8. The molecule has 0 saturated carbocycles. The third kappa shape index (κ3) is 2.30. The van der Waals surface area contributed by atoms with E-state index in [2.05, 4.69) is 21.1 Å². The number of aromatic nitrogens is 1. The standard InChI is InChI=1S/C13H13BrN2O3S/c1-9-12-6-7-16(8-13(12)19-15-9)20(17,18)11-4-2-10(14)3-5-11/h2-5H,6-8H2,1H3. The molecule has 1 aromatic carbocycles. The van der Waals surface area contributed by atoms with Crippen LogP contribution in [0.15, 0.2) is 38.2 Å². The van der Waals surface area contributed by atoms with Gasteiger partial charge in [0.25, 0.3) is 0 Å². The van der Waals surface area contributed by atoms with Crippen LogP contribution in [0.1, 0.15) is 17.0 Å². The molecule has 0 aliphatic carbocycles. The van der Waals surface area contributed by atoms with Crippen LogP contribution in [0.25, 0.3) is 0 Å². The molecule has 0 radical (unpaired) electrons. The van der Waals surface area contributed by atoms with E-state index >= 15 is 0 Å². The first-order valence-electron chi connectivity index (χ1n) is 6.18. The SMILES string of the molecule is Cc1noc2c1CCN(S(=O)(=O)c1ccc(Br)cc1)C2. The van der Waals surface area contributed by atoms with Crippen LogP contribution in [0.4, 0.5) is 0 Å². The molecule has 0 saturated heterocycles. The van der Waals surface area contributed by atoms with Crippen LogP contribution in [0.5, 0.6) is 0 Å². The van der Waals surface area contributed by atoms with Gasteiger partial charge in [0.2, 0.25) is 10.0 Å². The first-order chi connectivity index (χ1) is 9.48. The largest absolute Gasteiger partial charge is 0.359 e. The zero-order chi connectivity index (χ0) is 14.3. The Hall–Kier alpha value is -1.18. The maximum atomic E-state index is 12.6. The smallest absolute Gasteiger partial charge is 0.243 e. The average molecular weight is 357 g/mol. The van der Waals surface area contributed by atoms with Crippen LogP contribution in [-0.4, -0.2) is 24.4 Å². The van der Waals surface area contributed by atoms with Gasteiger partial charge in [0, 0.05) is 16.6 Å². The highest BCUT2D eigenvalue weighted by molar-refractivity contribution is 9.10. The van der Waals surface area contributed by atoms with Gasteiger partial charge >= 0.3 is 0 Å². The van der Waals surface area contributed by atoms with Crippen molar-refractivity contribution in [2.75, 3.05) is 6.54 Å². The lowest BCUT2D eigenvalue weighted by molar-refractivity contribution is 0.307. The summed E-state index contributed by atoms with van der Waals surface area (Å²) in [6, 6.07) is 6.64. The van der Waals surface area contributed by atoms with Gasteiger partial charge < -0.3 is 4.52 Å². The van der Waals surface area contributed by atoms with Gasteiger partial charge in [-0.3, -0.25) is 0 Å². The Morgan fingerprint density at radius 1 is 1.30 bits per heavy atom. The summed E-state index contributed by atoms with van der Waals surface area (Å²) in [5.41, 5.74) is 1.88. The molecule has 0 spiro atoms. The molecule has 0 amide bonds. The van der Waals surface area contributed by atoms with Gasteiger partial charge in [0.05, 0.1) is 17.1 Å². The van der Waals surface area contributed by atoms with Gasteiger partial charge in [-0.1, -0.05) is 21.1 Å². The molecular weight excluding hydrogens is 344 g/mol. The van der Waals surface area contributed by atoms with Crippen molar-refractivity contribution in [3.63, 3.8) is 0 Å². The van der Waals surface area contributed by atoms with Crippen molar-refractivity contribution < 1.29 is 12.9 Å². The molecule has 3 rings (SSSR count). The number of rotatable bonds is 2. The second kappa shape index (κ2) is 4.98. The van der Waals surface area contributed by atoms with Crippen LogP contribution >= 0.6 is 15.9 Å². The molecule has 0 bridgehead atoms. The molecule has 0 atom stereocenters. The second-order valence-corrected chi connectivity index (χ2v) is 7.57. The molecular formula is C13H13BrN2O3S. The van der Waals surface area contributed by atoms with E-state index in [-0.39, 0.29) is 6.54 Å². The Kier molecular flexibility index (Phi) is 3.43. The van der Waals surface area contributed by atoms with Crippen molar-refractivity contribution >= 4 is 26.0 Å². The van der Waals surface area contributed by atoms with Crippen molar-refractivity contribution in [1.82, 2.24) is 9.46 Å². The minimum atomic E-state index is -3.49. The predicted molar refractivity (Wildman–Crippen MR) is 76.7 cm³/mol. The number of hydrogen-bond acceptors (Lipinski definition) is 4. The Morgan fingerprint density at radius 3 is 2.70 bits per heavy atom. The molecule has 106 valence electrons. The summed E-state index contributed by atoms with van der Waals surface area (Å²) < 4.78 is 32.6. The van der Waals surface area contributed by atoms with Crippen LogP contribution in [0.3, 0.4) is 0 Å². The zero-order valence-corrected chi connectivity index (χ0v) is 13.2. The Morgan fingerprint density at radius 2 is 2.00 bits per heavy atom. The van der Waals surface area contributed by atoms with Crippen LogP contribution < -0.4 is 0 Å². The molecule has 2 aromatic rings. The quantitative estimate of drug-likeness (QED) is 0.829. The fourth-order valence-corrected chi connectivity index (χ4v) is 3.98. The lowest BCUT2D eigenvalue weighted by Crippen LogP contribution is -2.35. The van der Waals surface area contributed by atoms with Crippen molar-refractivity contribution in [1.29, 1.82) is 0 Å². The number of sulfonamides is 1. The van der Waals surface area contributed by atoms with E-state index in [1.807, 2.05) is 6.92 Å². The maximum absolute atomic E-state index is 12.6. The Labute approximate surface area is 125 Å². The van der Waals surface area contributed by atoms with E-state index in [4.69, 9.17) is 4.52 Å². The van der Waals surface area contributed by atoms with Crippen LogP contribution in [0.2, 0.25) is 0 Å². The molecule has 1 aliphatic rings. The Balaban J connectivity index is 1.92. The highest BCUT2D eigenvalue weighted by Crippen LogP contribution is 2.27. The summed E-state index contributed by atoms with van der Waals surface area (Å²) in [4.78, 5) is 0.292. The molecule has 0 N–H and O–H groups in total. The molecule has 7 heteroatoms. The van der Waals surface area contributed by atoms with E-state index in [1.54, 1.807) is 24.3 Å². The number of benzene rings is 1. The number of halogens is 1. The second-order valence-electron chi connectivity index (χ2n) is 4.71. The molecule has 2 heterocycles. The molecule has 0 unspecified atom stereocenters. The first-order valence-corrected chi connectivity index (χ1v) is 8.41. The fraction of sp³-hybridized carbons (Fsp3) is 0.308. The van der Waals surface area contributed by atoms with Gasteiger partial charge in [0.1, 0.15) is 0 Å². The van der Waals surface area contributed by atoms with Gasteiger partial charge in [0.15, 0.2) is 5.76 Å². The summed E-state index contributed by atoms with van der Waals surface area (Å²) in [6.45, 7) is 2.57. The minimum absolute atomic E-state index is 0.245. The van der Waals surface area contributed by atoms with Gasteiger partial charge in [-0.25, -0.2) is 8.42 Å². The highest BCUT2D eigenvalue weighted by atomic mass is 79.9. The van der Waals surface area contributed by atoms with Gasteiger partial charge in [-0.15, -0.1) is 0 Å². The molecule has 0 fully saturated rings. The third-order valence-corrected chi connectivity index (χ3v) is 5.84. The summed E-state index contributed by atoms with van der Waals surface area (Å²) in [7, 11) is -3.49. The monoisotopic (exact) mass is 356 g/mol. The molecule has 1 aliphatic heterocycles. The summed E-state index contributed by atoms with van der Waals surface area (Å²) in [5.74, 6) is 0.648. The average Bonchev–Trinajstić information content (AvgIpc) is 2.80. The van der Waals surface area contributed by atoms with E-state index in [9.17, 15) is 8.42 Å². The third-order valence-electron chi connectivity index (χ3n) is 3.45. The summed E-state index contributed by atoms with van der Waals surface area (Å²) in [5, 5.41) is 3.90. The molecule has 20 heavy (non-hydrogen) atoms. The highest BCUT2D eigenvalue weighted by Gasteiger charge is 2.31. The summed E-state index contributed by atoms with van der Waals surface area (Å²) >= 11 is 3.30. The number of fused-ring (bicyclic) bond motifs is 1. The lowest BCUT2D eigenvalue weighted by Gasteiger charge is -2.25. The van der Waals surface area contributed by atoms with E-state index in [0.29, 0.717) is 23.6 Å². The number of nitrogens with zero attached hydrogens (tertiary/aromatic N) is 2. The van der Waals surface area contributed by atoms with Gasteiger partial charge in [-0.2, -0.15) is 4.31 Å². The van der Waals surface area contributed by atoms with Crippen molar-refractivity contribution in [3.05, 3.63) is 45.8 Å².